The molecule has 2 rings (SSSR count). The van der Waals surface area contributed by atoms with Crippen LogP contribution in [0.3, 0.4) is 0 Å². The first-order valence-corrected chi connectivity index (χ1v) is 7.86. The van der Waals surface area contributed by atoms with E-state index >= 15 is 0 Å². The molecular weight excluding hydrogens is 246 g/mol. The average Bonchev–Trinajstić information content (AvgIpc) is 2.40. The van der Waals surface area contributed by atoms with Gasteiger partial charge in [0.25, 0.3) is 0 Å². The van der Waals surface area contributed by atoms with Crippen LogP contribution >= 0.6 is 11.8 Å². The first-order valence-electron chi connectivity index (χ1n) is 6.57. The van der Waals surface area contributed by atoms with Gasteiger partial charge < -0.3 is 10.1 Å². The lowest BCUT2D eigenvalue weighted by molar-refractivity contribution is 0.326. The van der Waals surface area contributed by atoms with E-state index in [9.17, 15) is 0 Å². The van der Waals surface area contributed by atoms with Gasteiger partial charge in [-0.1, -0.05) is 12.8 Å². The van der Waals surface area contributed by atoms with Gasteiger partial charge >= 0.3 is 0 Å². The molecule has 0 radical (unpaired) electrons. The topological polar surface area (TPSA) is 47.0 Å². The standard InChI is InChI=1S/C13H21N3OS/c1-3-17-13-8-12(14-9-15-13)16-10-6-4-5-7-11(10)18-2/h8-11H,3-7H2,1-2H3,(H,14,15,16). The number of hydrogen-bond donors (Lipinski definition) is 1. The van der Waals surface area contributed by atoms with Crippen LogP contribution in [0.15, 0.2) is 12.4 Å². The predicted molar refractivity (Wildman–Crippen MR) is 76.4 cm³/mol. The number of rotatable bonds is 5. The van der Waals surface area contributed by atoms with Crippen molar-refractivity contribution in [3.05, 3.63) is 12.4 Å². The second-order valence-electron chi connectivity index (χ2n) is 4.48. The first kappa shape index (κ1) is 13.5. The van der Waals surface area contributed by atoms with Crippen LogP contribution in [-0.2, 0) is 0 Å². The minimum absolute atomic E-state index is 0.512. The summed E-state index contributed by atoms with van der Waals surface area (Å²) in [5.41, 5.74) is 0. The van der Waals surface area contributed by atoms with Crippen molar-refractivity contribution in [2.75, 3.05) is 18.2 Å². The molecule has 5 heteroatoms. The fourth-order valence-electron chi connectivity index (χ4n) is 2.38. The third-order valence-electron chi connectivity index (χ3n) is 3.27. The highest BCUT2D eigenvalue weighted by atomic mass is 32.2. The van der Waals surface area contributed by atoms with Crippen molar-refractivity contribution >= 4 is 17.6 Å². The van der Waals surface area contributed by atoms with Gasteiger partial charge in [-0.2, -0.15) is 11.8 Å². The Kier molecular flexibility index (Phi) is 5.11. The van der Waals surface area contributed by atoms with E-state index in [4.69, 9.17) is 4.74 Å². The molecule has 18 heavy (non-hydrogen) atoms. The molecule has 0 aromatic carbocycles. The van der Waals surface area contributed by atoms with Crippen LogP contribution < -0.4 is 10.1 Å². The van der Waals surface area contributed by atoms with E-state index in [1.807, 2.05) is 24.8 Å². The molecule has 1 aliphatic carbocycles. The van der Waals surface area contributed by atoms with Gasteiger partial charge in [-0.25, -0.2) is 9.97 Å². The lowest BCUT2D eigenvalue weighted by Crippen LogP contribution is -2.34. The molecule has 0 aliphatic heterocycles. The molecule has 1 saturated carbocycles. The maximum absolute atomic E-state index is 5.39. The van der Waals surface area contributed by atoms with Crippen LogP contribution in [0.4, 0.5) is 5.82 Å². The highest BCUT2D eigenvalue weighted by Crippen LogP contribution is 2.29. The number of ether oxygens (including phenoxy) is 1. The monoisotopic (exact) mass is 267 g/mol. The van der Waals surface area contributed by atoms with Crippen molar-refractivity contribution in [2.45, 2.75) is 43.9 Å². The molecule has 1 aliphatic rings. The molecule has 0 spiro atoms. The van der Waals surface area contributed by atoms with Crippen LogP contribution in [-0.4, -0.2) is 34.1 Å². The summed E-state index contributed by atoms with van der Waals surface area (Å²) in [4.78, 5) is 8.36. The third kappa shape index (κ3) is 3.51. The molecule has 2 atom stereocenters. The lowest BCUT2D eigenvalue weighted by atomic mass is 9.95. The summed E-state index contributed by atoms with van der Waals surface area (Å²) in [7, 11) is 0. The van der Waals surface area contributed by atoms with E-state index in [1.54, 1.807) is 6.33 Å². The predicted octanol–water partition coefficient (Wildman–Crippen LogP) is 2.96. The molecule has 1 heterocycles. The molecule has 1 aromatic heterocycles. The van der Waals surface area contributed by atoms with Gasteiger partial charge in [0.1, 0.15) is 12.1 Å². The number of nitrogens with one attached hydrogen (secondary N) is 1. The molecule has 2 unspecified atom stereocenters. The van der Waals surface area contributed by atoms with E-state index in [0.29, 0.717) is 23.8 Å². The van der Waals surface area contributed by atoms with E-state index in [0.717, 1.165) is 5.82 Å². The Labute approximate surface area is 113 Å². The van der Waals surface area contributed by atoms with Gasteiger partial charge in [0.2, 0.25) is 5.88 Å². The third-order valence-corrected chi connectivity index (χ3v) is 4.44. The largest absolute Gasteiger partial charge is 0.478 e. The zero-order valence-corrected chi connectivity index (χ0v) is 11.9. The minimum atomic E-state index is 0.512. The zero-order valence-electron chi connectivity index (χ0n) is 11.1. The van der Waals surface area contributed by atoms with E-state index in [1.165, 1.54) is 25.7 Å². The Hall–Kier alpha value is -0.970. The Morgan fingerprint density at radius 1 is 1.39 bits per heavy atom. The van der Waals surface area contributed by atoms with Gasteiger partial charge in [-0.3, -0.25) is 0 Å². The van der Waals surface area contributed by atoms with Gasteiger partial charge in [0.15, 0.2) is 0 Å². The van der Waals surface area contributed by atoms with Crippen molar-refractivity contribution in [2.24, 2.45) is 0 Å². The molecule has 1 aromatic rings. The molecule has 4 nitrogen and oxygen atoms in total. The van der Waals surface area contributed by atoms with Crippen LogP contribution in [0, 0.1) is 0 Å². The zero-order chi connectivity index (χ0) is 12.8. The van der Waals surface area contributed by atoms with Crippen molar-refractivity contribution in [1.29, 1.82) is 0 Å². The number of hydrogen-bond acceptors (Lipinski definition) is 5. The van der Waals surface area contributed by atoms with Gasteiger partial charge in [-0.15, -0.1) is 0 Å². The average molecular weight is 267 g/mol. The van der Waals surface area contributed by atoms with E-state index in [2.05, 4.69) is 21.5 Å². The Morgan fingerprint density at radius 2 is 2.22 bits per heavy atom. The molecule has 0 amide bonds. The number of nitrogens with zero attached hydrogens (tertiary/aromatic N) is 2. The van der Waals surface area contributed by atoms with Crippen LogP contribution in [0.25, 0.3) is 0 Å². The molecule has 100 valence electrons. The smallest absolute Gasteiger partial charge is 0.218 e. The summed E-state index contributed by atoms with van der Waals surface area (Å²) < 4.78 is 5.39. The Bertz CT molecular complexity index is 375. The summed E-state index contributed by atoms with van der Waals surface area (Å²) >= 11 is 1.95. The molecular formula is C13H21N3OS. The number of anilines is 1. The molecule has 0 bridgehead atoms. The number of aromatic nitrogens is 2. The summed E-state index contributed by atoms with van der Waals surface area (Å²) in [5, 5.41) is 4.21. The normalized spacial score (nSPS) is 23.7. The summed E-state index contributed by atoms with van der Waals surface area (Å²) in [6.07, 6.45) is 8.91. The van der Waals surface area contributed by atoms with Crippen molar-refractivity contribution in [3.63, 3.8) is 0 Å². The van der Waals surface area contributed by atoms with Crippen LogP contribution in [0.5, 0.6) is 5.88 Å². The quantitative estimate of drug-likeness (QED) is 0.888. The summed E-state index contributed by atoms with van der Waals surface area (Å²) in [6.45, 7) is 2.59. The van der Waals surface area contributed by atoms with Crippen LogP contribution in [0.1, 0.15) is 32.6 Å². The van der Waals surface area contributed by atoms with Gasteiger partial charge in [-0.05, 0) is 26.0 Å². The minimum Gasteiger partial charge on any atom is -0.478 e. The Balaban J connectivity index is 2.00. The molecule has 1 fully saturated rings. The summed E-state index contributed by atoms with van der Waals surface area (Å²) in [6, 6.07) is 2.40. The maximum atomic E-state index is 5.39. The second-order valence-corrected chi connectivity index (χ2v) is 5.56. The lowest BCUT2D eigenvalue weighted by Gasteiger charge is -2.31. The van der Waals surface area contributed by atoms with E-state index < -0.39 is 0 Å². The summed E-state index contributed by atoms with van der Waals surface area (Å²) in [5.74, 6) is 1.52. The maximum Gasteiger partial charge on any atom is 0.218 e. The fraction of sp³-hybridized carbons (Fsp3) is 0.692. The highest BCUT2D eigenvalue weighted by molar-refractivity contribution is 7.99. The van der Waals surface area contributed by atoms with Crippen molar-refractivity contribution in [3.8, 4) is 5.88 Å². The van der Waals surface area contributed by atoms with Gasteiger partial charge in [0.05, 0.1) is 6.61 Å². The van der Waals surface area contributed by atoms with Crippen molar-refractivity contribution < 1.29 is 4.74 Å². The number of thioether (sulfide) groups is 1. The SMILES string of the molecule is CCOc1cc(NC2CCCCC2SC)ncn1. The Morgan fingerprint density at radius 3 is 3.00 bits per heavy atom. The fourth-order valence-corrected chi connectivity index (χ4v) is 3.31. The first-order chi connectivity index (χ1) is 8.83. The van der Waals surface area contributed by atoms with Gasteiger partial charge in [0, 0.05) is 17.4 Å². The second kappa shape index (κ2) is 6.83. The molecule has 0 saturated heterocycles. The van der Waals surface area contributed by atoms with E-state index in [-0.39, 0.29) is 0 Å². The van der Waals surface area contributed by atoms with Crippen LogP contribution in [0.2, 0.25) is 0 Å². The van der Waals surface area contributed by atoms with Crippen molar-refractivity contribution in [1.82, 2.24) is 9.97 Å². The molecule has 1 N–H and O–H groups in total. The highest BCUT2D eigenvalue weighted by Gasteiger charge is 2.24.